The van der Waals surface area contributed by atoms with Gasteiger partial charge in [0.15, 0.2) is 11.9 Å². The summed E-state index contributed by atoms with van der Waals surface area (Å²) in [6.45, 7) is 0.108. The Bertz CT molecular complexity index is 241. The number of hydrogen-bond acceptors (Lipinski definition) is 4. The van der Waals surface area contributed by atoms with Crippen LogP contribution in [0.5, 0.6) is 0 Å². The molecule has 8 N–H and O–H groups in total. The van der Waals surface area contributed by atoms with E-state index in [4.69, 9.17) is 22.9 Å². The van der Waals surface area contributed by atoms with Gasteiger partial charge in [-0.1, -0.05) is 0 Å². The highest BCUT2D eigenvalue weighted by atomic mass is 16.5. The Hall–Kier alpha value is -1.99. The van der Waals surface area contributed by atoms with Crippen LogP contribution in [-0.4, -0.2) is 37.6 Å². The van der Waals surface area contributed by atoms with Crippen molar-refractivity contribution < 1.29 is 9.53 Å². The van der Waals surface area contributed by atoms with Crippen molar-refractivity contribution in [1.29, 1.82) is 0 Å². The second-order valence-corrected chi connectivity index (χ2v) is 2.27. The largest absolute Gasteiger partial charge is 0.462 e. The van der Waals surface area contributed by atoms with Crippen LogP contribution in [0, 0.1) is 0 Å². The summed E-state index contributed by atoms with van der Waals surface area (Å²) in [5.41, 5.74) is 20.1. The zero-order valence-electron chi connectivity index (χ0n) is 7.64. The van der Waals surface area contributed by atoms with Crippen LogP contribution in [0.4, 0.5) is 0 Å². The molecule has 0 aromatic heterocycles. The third-order valence-electron chi connectivity index (χ3n) is 1.04. The molecule has 0 aliphatic rings. The Morgan fingerprint density at radius 2 is 1.64 bits per heavy atom. The highest BCUT2D eigenvalue weighted by Gasteiger charge is 1.99. The molecule has 0 unspecified atom stereocenters. The normalized spacial score (nSPS) is 8.86. The number of aliphatic imine (C=N–C) groups is 2. The first kappa shape index (κ1) is 12.0. The number of nitrogens with two attached hydrogens (primary N) is 4. The zero-order chi connectivity index (χ0) is 11.0. The molecule has 0 saturated heterocycles. The van der Waals surface area contributed by atoms with Crippen molar-refractivity contribution in [1.82, 2.24) is 0 Å². The van der Waals surface area contributed by atoms with E-state index in [1.165, 1.54) is 0 Å². The summed E-state index contributed by atoms with van der Waals surface area (Å²) in [6, 6.07) is 0. The first-order valence-corrected chi connectivity index (χ1v) is 3.78. The molecule has 0 aliphatic heterocycles. The molecule has 0 heterocycles. The number of ether oxygens (including phenoxy) is 1. The number of guanidine groups is 2. The molecule has 0 aromatic rings. The number of esters is 1. The summed E-state index contributed by atoms with van der Waals surface area (Å²) in [5, 5.41) is 0. The molecule has 8 nitrogen and oxygen atoms in total. The van der Waals surface area contributed by atoms with E-state index in [1.54, 1.807) is 0 Å². The Labute approximate surface area is 81.0 Å². The smallest absolute Gasteiger partial charge is 0.327 e. The number of hydrogen-bond donors (Lipinski definition) is 4. The van der Waals surface area contributed by atoms with Gasteiger partial charge in [0.2, 0.25) is 0 Å². The van der Waals surface area contributed by atoms with Crippen LogP contribution in [0.2, 0.25) is 0 Å². The molecule has 0 amide bonds. The molecule has 8 heteroatoms. The fourth-order valence-corrected chi connectivity index (χ4v) is 0.536. The van der Waals surface area contributed by atoms with Gasteiger partial charge in [-0.2, -0.15) is 0 Å². The van der Waals surface area contributed by atoms with Crippen LogP contribution in [0.15, 0.2) is 9.98 Å². The molecular weight excluding hydrogens is 188 g/mol. The predicted molar refractivity (Wildman–Crippen MR) is 52.3 cm³/mol. The van der Waals surface area contributed by atoms with Gasteiger partial charge in [-0.05, 0) is 0 Å². The molecule has 0 saturated carbocycles. The molecule has 0 rings (SSSR count). The van der Waals surface area contributed by atoms with Crippen molar-refractivity contribution in [2.24, 2.45) is 32.9 Å². The third-order valence-corrected chi connectivity index (χ3v) is 1.04. The van der Waals surface area contributed by atoms with Crippen LogP contribution in [0.3, 0.4) is 0 Å². The van der Waals surface area contributed by atoms with Gasteiger partial charge in [-0.15, -0.1) is 0 Å². The van der Waals surface area contributed by atoms with Gasteiger partial charge in [0.1, 0.15) is 13.2 Å². The molecule has 0 radical (unpaired) electrons. The van der Waals surface area contributed by atoms with Crippen LogP contribution < -0.4 is 22.9 Å². The van der Waals surface area contributed by atoms with E-state index < -0.39 is 5.97 Å². The summed E-state index contributed by atoms with van der Waals surface area (Å²) < 4.78 is 4.67. The van der Waals surface area contributed by atoms with Gasteiger partial charge in [0, 0.05) is 0 Å². The molecule has 0 aliphatic carbocycles. The summed E-state index contributed by atoms with van der Waals surface area (Å²) in [7, 11) is 0. The Kier molecular flexibility index (Phi) is 5.59. The number of carbonyl (C=O) groups excluding carboxylic acids is 1. The highest BCUT2D eigenvalue weighted by Crippen LogP contribution is 1.81. The van der Waals surface area contributed by atoms with E-state index in [0.29, 0.717) is 0 Å². The Morgan fingerprint density at radius 1 is 1.07 bits per heavy atom. The van der Waals surface area contributed by atoms with E-state index >= 15 is 0 Å². The molecule has 80 valence electrons. The lowest BCUT2D eigenvalue weighted by Crippen LogP contribution is -2.25. The number of carbonyl (C=O) groups is 1. The van der Waals surface area contributed by atoms with Crippen molar-refractivity contribution in [2.45, 2.75) is 0 Å². The van der Waals surface area contributed by atoms with Gasteiger partial charge in [-0.3, -0.25) is 9.79 Å². The van der Waals surface area contributed by atoms with Crippen molar-refractivity contribution in [3.8, 4) is 0 Å². The molecule has 0 spiro atoms. The molecule has 0 fully saturated rings. The standard InChI is InChI=1S/C6H14N6O2/c7-5(8)11-1-2-14-4(13)3-12-6(9)10/h1-3H2,(H4,7,8,11)(H4,9,10,12). The second kappa shape index (κ2) is 6.52. The topological polar surface area (TPSA) is 155 Å². The summed E-state index contributed by atoms with van der Waals surface area (Å²) >= 11 is 0. The van der Waals surface area contributed by atoms with Crippen LogP contribution in [0.25, 0.3) is 0 Å². The third kappa shape index (κ3) is 8.11. The van der Waals surface area contributed by atoms with Gasteiger partial charge in [0.05, 0.1) is 6.54 Å². The zero-order valence-corrected chi connectivity index (χ0v) is 7.64. The van der Waals surface area contributed by atoms with Gasteiger partial charge < -0.3 is 27.7 Å². The quantitative estimate of drug-likeness (QED) is 0.162. The second-order valence-electron chi connectivity index (χ2n) is 2.27. The van der Waals surface area contributed by atoms with E-state index in [2.05, 4.69) is 14.7 Å². The van der Waals surface area contributed by atoms with Crippen LogP contribution in [-0.2, 0) is 9.53 Å². The lowest BCUT2D eigenvalue weighted by molar-refractivity contribution is -0.141. The maximum atomic E-state index is 10.8. The van der Waals surface area contributed by atoms with E-state index in [0.717, 1.165) is 0 Å². The lowest BCUT2D eigenvalue weighted by atomic mass is 10.6. The Morgan fingerprint density at radius 3 is 2.14 bits per heavy atom. The van der Waals surface area contributed by atoms with Crippen molar-refractivity contribution in [3.63, 3.8) is 0 Å². The fourth-order valence-electron chi connectivity index (χ4n) is 0.536. The average molecular weight is 202 g/mol. The first-order chi connectivity index (χ1) is 6.52. The molecule has 0 aromatic carbocycles. The molecular formula is C6H14N6O2. The van der Waals surface area contributed by atoms with Crippen LogP contribution in [0.1, 0.15) is 0 Å². The van der Waals surface area contributed by atoms with Gasteiger partial charge in [0.25, 0.3) is 0 Å². The minimum absolute atomic E-state index is 0.0507. The summed E-state index contributed by atoms with van der Waals surface area (Å²) in [4.78, 5) is 17.9. The maximum absolute atomic E-state index is 10.8. The van der Waals surface area contributed by atoms with Gasteiger partial charge >= 0.3 is 5.97 Å². The highest BCUT2D eigenvalue weighted by molar-refractivity contribution is 5.80. The average Bonchev–Trinajstić information content (AvgIpc) is 2.08. The fraction of sp³-hybridized carbons (Fsp3) is 0.500. The molecule has 14 heavy (non-hydrogen) atoms. The van der Waals surface area contributed by atoms with E-state index in [-0.39, 0.29) is 31.6 Å². The summed E-state index contributed by atoms with van der Waals surface area (Å²) in [5.74, 6) is -0.749. The van der Waals surface area contributed by atoms with E-state index in [1.807, 2.05) is 0 Å². The minimum Gasteiger partial charge on any atom is -0.462 e. The summed E-state index contributed by atoms with van der Waals surface area (Å²) in [6.07, 6.45) is 0. The number of nitrogens with zero attached hydrogens (tertiary/aromatic N) is 2. The SMILES string of the molecule is NC(N)=NCCOC(=O)CN=C(N)N. The van der Waals surface area contributed by atoms with E-state index in [9.17, 15) is 4.79 Å². The predicted octanol–water partition coefficient (Wildman–Crippen LogP) is -2.92. The van der Waals surface area contributed by atoms with Crippen molar-refractivity contribution in [2.75, 3.05) is 19.7 Å². The van der Waals surface area contributed by atoms with Crippen molar-refractivity contribution >= 4 is 17.9 Å². The minimum atomic E-state index is -0.538. The lowest BCUT2D eigenvalue weighted by Gasteiger charge is -2.00. The Balaban J connectivity index is 3.55. The molecule has 0 bridgehead atoms. The molecule has 0 atom stereocenters. The maximum Gasteiger partial charge on any atom is 0.327 e. The first-order valence-electron chi connectivity index (χ1n) is 3.78. The van der Waals surface area contributed by atoms with Crippen molar-refractivity contribution in [3.05, 3.63) is 0 Å². The monoisotopic (exact) mass is 202 g/mol. The number of rotatable bonds is 5. The van der Waals surface area contributed by atoms with Crippen LogP contribution >= 0.6 is 0 Å². The van der Waals surface area contributed by atoms with Gasteiger partial charge in [-0.25, -0.2) is 4.99 Å².